The fraction of sp³-hybridized carbons (Fsp3) is 0.310. The fourth-order valence-corrected chi connectivity index (χ4v) is 5.54. The molecule has 3 aromatic heterocycles. The lowest BCUT2D eigenvalue weighted by Crippen LogP contribution is -2.36. The van der Waals surface area contributed by atoms with Gasteiger partial charge in [-0.1, -0.05) is 18.2 Å². The maximum atomic E-state index is 15.5. The summed E-state index contributed by atoms with van der Waals surface area (Å²) in [5, 5.41) is 3.74. The van der Waals surface area contributed by atoms with Gasteiger partial charge in [-0.25, -0.2) is 19.3 Å². The van der Waals surface area contributed by atoms with Crippen LogP contribution in [0.1, 0.15) is 24.3 Å². The van der Waals surface area contributed by atoms with Crippen molar-refractivity contribution in [1.82, 2.24) is 24.8 Å². The summed E-state index contributed by atoms with van der Waals surface area (Å²) in [5.41, 5.74) is 1.82. The molecule has 41 heavy (non-hydrogen) atoms. The highest BCUT2D eigenvalue weighted by Gasteiger charge is 2.26. The second kappa shape index (κ2) is 11.7. The first-order chi connectivity index (χ1) is 20.0. The summed E-state index contributed by atoms with van der Waals surface area (Å²) in [7, 11) is 0. The van der Waals surface area contributed by atoms with E-state index in [9.17, 15) is 4.79 Å². The number of likely N-dealkylation sites (tertiary alicyclic amines) is 1. The minimum atomic E-state index is -0.660. The molecule has 6 rings (SSSR count). The standard InChI is InChI=1S/C29H29ClFN7O3/c1-2-24(39)38-9-6-18(7-10-38)20-16-33-28-25(20)29(35-17-34-28)36-21-3-4-22(26(30)27(21)31)41-19-5-8-32-23(15-19)37-11-13-40-14-12-37/h2-5,8,15-18H,1,6-7,9-14H2,(H2,33,34,35,36). The Morgan fingerprint density at radius 1 is 1.17 bits per heavy atom. The number of rotatable bonds is 7. The molecule has 1 amide bonds. The van der Waals surface area contributed by atoms with E-state index in [1.807, 2.05) is 6.20 Å². The number of morpholine rings is 1. The van der Waals surface area contributed by atoms with Gasteiger partial charge < -0.3 is 29.6 Å². The number of pyridine rings is 1. The van der Waals surface area contributed by atoms with E-state index in [2.05, 4.69) is 36.7 Å². The van der Waals surface area contributed by atoms with Gasteiger partial charge in [0.2, 0.25) is 5.91 Å². The van der Waals surface area contributed by atoms with Gasteiger partial charge >= 0.3 is 0 Å². The van der Waals surface area contributed by atoms with E-state index in [1.54, 1.807) is 35.4 Å². The van der Waals surface area contributed by atoms with Crippen LogP contribution in [0.5, 0.6) is 11.5 Å². The largest absolute Gasteiger partial charge is 0.455 e. The molecule has 4 aromatic rings. The minimum Gasteiger partial charge on any atom is -0.455 e. The lowest BCUT2D eigenvalue weighted by Gasteiger charge is -2.31. The first-order valence-corrected chi connectivity index (χ1v) is 13.8. The third kappa shape index (κ3) is 5.55. The number of aromatic amines is 1. The summed E-state index contributed by atoms with van der Waals surface area (Å²) >= 11 is 6.44. The SMILES string of the molecule is C=CC(=O)N1CCC(c2c[nH]c3ncnc(Nc4ccc(Oc5ccnc(N6CCOCC6)c5)c(Cl)c4F)c23)CC1. The predicted molar refractivity (Wildman–Crippen MR) is 155 cm³/mol. The topological polar surface area (TPSA) is 108 Å². The van der Waals surface area contributed by atoms with Crippen LogP contribution in [0.4, 0.5) is 21.7 Å². The Bertz CT molecular complexity index is 1580. The number of amides is 1. The van der Waals surface area contributed by atoms with E-state index in [4.69, 9.17) is 21.1 Å². The van der Waals surface area contributed by atoms with Crippen molar-refractivity contribution >= 4 is 45.9 Å². The number of carbonyl (C=O) groups is 1. The van der Waals surface area contributed by atoms with Gasteiger partial charge in [0.25, 0.3) is 0 Å². The Morgan fingerprint density at radius 2 is 1.98 bits per heavy atom. The maximum Gasteiger partial charge on any atom is 0.245 e. The summed E-state index contributed by atoms with van der Waals surface area (Å²) in [5.74, 6) is 1.37. The first-order valence-electron chi connectivity index (χ1n) is 13.5. The quantitative estimate of drug-likeness (QED) is 0.281. The number of nitrogens with one attached hydrogen (secondary N) is 2. The third-order valence-electron chi connectivity index (χ3n) is 7.50. The van der Waals surface area contributed by atoms with Crippen molar-refractivity contribution in [2.45, 2.75) is 18.8 Å². The molecule has 2 fully saturated rings. The number of piperidine rings is 1. The Balaban J connectivity index is 1.22. The van der Waals surface area contributed by atoms with Crippen LogP contribution in [0.3, 0.4) is 0 Å². The molecule has 10 nitrogen and oxygen atoms in total. The molecule has 2 saturated heterocycles. The molecule has 0 bridgehead atoms. The van der Waals surface area contributed by atoms with Gasteiger partial charge in [0, 0.05) is 44.6 Å². The van der Waals surface area contributed by atoms with Crippen LogP contribution in [0.2, 0.25) is 5.02 Å². The zero-order valence-electron chi connectivity index (χ0n) is 22.3. The lowest BCUT2D eigenvalue weighted by atomic mass is 9.89. The number of carbonyl (C=O) groups excluding carboxylic acids is 1. The molecule has 0 unspecified atom stereocenters. The van der Waals surface area contributed by atoms with Gasteiger partial charge in [-0.05, 0) is 48.6 Å². The summed E-state index contributed by atoms with van der Waals surface area (Å²) < 4.78 is 26.9. The molecular formula is C29H29ClFN7O3. The van der Waals surface area contributed by atoms with Crippen LogP contribution in [-0.2, 0) is 9.53 Å². The average Bonchev–Trinajstić information content (AvgIpc) is 3.46. The highest BCUT2D eigenvalue weighted by atomic mass is 35.5. The second-order valence-electron chi connectivity index (χ2n) is 9.91. The Hall–Kier alpha value is -4.22. The molecule has 12 heteroatoms. The Labute approximate surface area is 241 Å². The van der Waals surface area contributed by atoms with Crippen LogP contribution in [-0.4, -0.2) is 70.1 Å². The molecule has 0 spiro atoms. The number of ether oxygens (including phenoxy) is 2. The van der Waals surface area contributed by atoms with Gasteiger partial charge in [-0.15, -0.1) is 0 Å². The van der Waals surface area contributed by atoms with Crippen molar-refractivity contribution in [3.05, 3.63) is 72.0 Å². The number of anilines is 3. The highest BCUT2D eigenvalue weighted by molar-refractivity contribution is 6.32. The molecule has 2 aliphatic rings. The summed E-state index contributed by atoms with van der Waals surface area (Å²) in [6, 6.07) is 6.69. The van der Waals surface area contributed by atoms with Gasteiger partial charge in [-0.3, -0.25) is 4.79 Å². The Kier molecular flexibility index (Phi) is 7.71. The zero-order valence-corrected chi connectivity index (χ0v) is 23.0. The van der Waals surface area contributed by atoms with Crippen molar-refractivity contribution in [3.63, 3.8) is 0 Å². The number of hydrogen-bond acceptors (Lipinski definition) is 8. The first kappa shape index (κ1) is 27.0. The minimum absolute atomic E-state index is 0.0608. The van der Waals surface area contributed by atoms with Crippen LogP contribution in [0.15, 0.2) is 55.6 Å². The van der Waals surface area contributed by atoms with E-state index in [0.717, 1.165) is 42.7 Å². The maximum absolute atomic E-state index is 15.5. The van der Waals surface area contributed by atoms with E-state index in [-0.39, 0.29) is 28.3 Å². The fourth-order valence-electron chi connectivity index (χ4n) is 5.33. The second-order valence-corrected chi connectivity index (χ2v) is 10.3. The van der Waals surface area contributed by atoms with Gasteiger partial charge in [-0.2, -0.15) is 0 Å². The van der Waals surface area contributed by atoms with Crippen LogP contribution in [0, 0.1) is 5.82 Å². The van der Waals surface area contributed by atoms with Crippen LogP contribution >= 0.6 is 11.6 Å². The molecule has 0 atom stereocenters. The average molecular weight is 578 g/mol. The van der Waals surface area contributed by atoms with E-state index < -0.39 is 5.82 Å². The summed E-state index contributed by atoms with van der Waals surface area (Å²) in [6.07, 6.45) is 7.90. The lowest BCUT2D eigenvalue weighted by molar-refractivity contribution is -0.127. The smallest absolute Gasteiger partial charge is 0.245 e. The van der Waals surface area contributed by atoms with Crippen molar-refractivity contribution < 1.29 is 18.7 Å². The molecule has 2 aliphatic heterocycles. The number of fused-ring (bicyclic) bond motifs is 1. The van der Waals surface area contributed by atoms with Gasteiger partial charge in [0.1, 0.15) is 40.1 Å². The Morgan fingerprint density at radius 3 is 2.76 bits per heavy atom. The molecule has 5 heterocycles. The molecular weight excluding hydrogens is 549 g/mol. The monoisotopic (exact) mass is 577 g/mol. The highest BCUT2D eigenvalue weighted by Crippen LogP contribution is 2.39. The third-order valence-corrected chi connectivity index (χ3v) is 7.85. The van der Waals surface area contributed by atoms with Crippen molar-refractivity contribution in [2.75, 3.05) is 49.6 Å². The number of hydrogen-bond donors (Lipinski definition) is 2. The van der Waals surface area contributed by atoms with E-state index in [0.29, 0.717) is 43.5 Å². The summed E-state index contributed by atoms with van der Waals surface area (Å²) in [6.45, 7) is 7.59. The number of nitrogens with zero attached hydrogens (tertiary/aromatic N) is 5. The molecule has 0 radical (unpaired) electrons. The molecule has 0 aliphatic carbocycles. The summed E-state index contributed by atoms with van der Waals surface area (Å²) in [4.78, 5) is 32.3. The number of aromatic nitrogens is 4. The number of halogens is 2. The molecule has 212 valence electrons. The van der Waals surface area contributed by atoms with Crippen LogP contribution in [0.25, 0.3) is 11.0 Å². The molecule has 2 N–H and O–H groups in total. The van der Waals surface area contributed by atoms with Gasteiger partial charge in [0.05, 0.1) is 24.3 Å². The molecule has 1 aromatic carbocycles. The number of H-pyrrole nitrogens is 1. The number of benzene rings is 1. The normalized spacial score (nSPS) is 16.1. The zero-order chi connectivity index (χ0) is 28.3. The van der Waals surface area contributed by atoms with Crippen LogP contribution < -0.4 is 15.0 Å². The van der Waals surface area contributed by atoms with Gasteiger partial charge in [0.15, 0.2) is 5.82 Å². The van der Waals surface area contributed by atoms with Crippen molar-refractivity contribution in [2.24, 2.45) is 0 Å². The van der Waals surface area contributed by atoms with Crippen molar-refractivity contribution in [3.8, 4) is 11.5 Å². The van der Waals surface area contributed by atoms with E-state index >= 15 is 4.39 Å². The van der Waals surface area contributed by atoms with E-state index in [1.165, 1.54) is 12.4 Å². The predicted octanol–water partition coefficient (Wildman–Crippen LogP) is 5.41. The van der Waals surface area contributed by atoms with Crippen molar-refractivity contribution in [1.29, 1.82) is 0 Å². The molecule has 0 saturated carbocycles.